The highest BCUT2D eigenvalue weighted by molar-refractivity contribution is 5.96. The van der Waals surface area contributed by atoms with Gasteiger partial charge in [-0.3, -0.25) is 9.59 Å². The van der Waals surface area contributed by atoms with Crippen LogP contribution in [0.1, 0.15) is 24.8 Å². The fraction of sp³-hybridized carbons (Fsp3) is 0.500. The second-order valence-corrected chi connectivity index (χ2v) is 5.90. The Kier molecular flexibility index (Phi) is 3.68. The molecule has 3 rings (SSSR count). The van der Waals surface area contributed by atoms with Crippen LogP contribution < -0.4 is 5.32 Å². The molecule has 0 saturated carbocycles. The summed E-state index contributed by atoms with van der Waals surface area (Å²) in [6.45, 7) is 0.530. The molecule has 1 unspecified atom stereocenters. The maximum atomic E-state index is 12.7. The molecule has 2 amide bonds. The number of nitrogens with one attached hydrogen (secondary N) is 1. The Morgan fingerprint density at radius 3 is 2.62 bits per heavy atom. The minimum absolute atomic E-state index is 0.0386. The van der Waals surface area contributed by atoms with Crippen LogP contribution in [-0.2, 0) is 16.0 Å². The third kappa shape index (κ3) is 2.53. The standard InChI is InChI=1S/C16H20N2O3/c19-11-13(10-12-4-2-1-3-5-12)18-9-8-16(15(18)21)7-6-14(20)17-16/h1-5,13,19H,6-11H2,(H,17,20)/t13?,16-/m1/s1. The minimum atomic E-state index is -0.707. The van der Waals surface area contributed by atoms with Gasteiger partial charge in [-0.25, -0.2) is 0 Å². The normalized spacial score (nSPS) is 26.4. The molecule has 2 aliphatic heterocycles. The number of rotatable bonds is 4. The van der Waals surface area contributed by atoms with Crippen molar-refractivity contribution in [2.24, 2.45) is 0 Å². The molecular weight excluding hydrogens is 268 g/mol. The van der Waals surface area contributed by atoms with Gasteiger partial charge in [0.2, 0.25) is 11.8 Å². The summed E-state index contributed by atoms with van der Waals surface area (Å²) in [6.07, 6.45) is 2.27. The van der Waals surface area contributed by atoms with E-state index in [1.165, 1.54) is 0 Å². The second-order valence-electron chi connectivity index (χ2n) is 5.90. The lowest BCUT2D eigenvalue weighted by atomic mass is 9.96. The molecule has 1 aromatic carbocycles. The maximum Gasteiger partial charge on any atom is 0.248 e. The van der Waals surface area contributed by atoms with Gasteiger partial charge < -0.3 is 15.3 Å². The van der Waals surface area contributed by atoms with Crippen molar-refractivity contribution >= 4 is 11.8 Å². The molecule has 1 aromatic rings. The van der Waals surface area contributed by atoms with E-state index in [2.05, 4.69) is 5.32 Å². The Bertz CT molecular complexity index is 546. The van der Waals surface area contributed by atoms with Crippen molar-refractivity contribution in [2.45, 2.75) is 37.3 Å². The maximum absolute atomic E-state index is 12.7. The molecule has 2 atom stereocenters. The number of carbonyl (C=O) groups excluding carboxylic acids is 2. The molecule has 1 spiro atoms. The predicted molar refractivity (Wildman–Crippen MR) is 77.5 cm³/mol. The topological polar surface area (TPSA) is 69.6 Å². The molecule has 112 valence electrons. The van der Waals surface area contributed by atoms with Crippen LogP contribution in [-0.4, -0.2) is 46.6 Å². The van der Waals surface area contributed by atoms with Crippen LogP contribution in [0.4, 0.5) is 0 Å². The first-order valence-corrected chi connectivity index (χ1v) is 7.41. The molecule has 0 radical (unpaired) electrons. The molecule has 2 aliphatic rings. The van der Waals surface area contributed by atoms with E-state index in [1.807, 2.05) is 30.3 Å². The average molecular weight is 288 g/mol. The number of amides is 2. The summed E-state index contributed by atoms with van der Waals surface area (Å²) in [5, 5.41) is 12.5. The molecule has 0 bridgehead atoms. The number of hydrogen-bond acceptors (Lipinski definition) is 3. The zero-order chi connectivity index (χ0) is 14.9. The number of aliphatic hydroxyl groups excluding tert-OH is 1. The van der Waals surface area contributed by atoms with Crippen molar-refractivity contribution in [3.63, 3.8) is 0 Å². The van der Waals surface area contributed by atoms with Crippen LogP contribution in [0.5, 0.6) is 0 Å². The number of likely N-dealkylation sites (tertiary alicyclic amines) is 1. The van der Waals surface area contributed by atoms with Gasteiger partial charge in [0.25, 0.3) is 0 Å². The van der Waals surface area contributed by atoms with E-state index in [0.717, 1.165) is 5.56 Å². The fourth-order valence-corrected chi connectivity index (χ4v) is 3.37. The minimum Gasteiger partial charge on any atom is -0.394 e. The lowest BCUT2D eigenvalue weighted by molar-refractivity contribution is -0.136. The Hall–Kier alpha value is -1.88. The number of carbonyl (C=O) groups is 2. The van der Waals surface area contributed by atoms with Crippen molar-refractivity contribution in [1.82, 2.24) is 10.2 Å². The summed E-state index contributed by atoms with van der Waals surface area (Å²) < 4.78 is 0. The van der Waals surface area contributed by atoms with Crippen LogP contribution in [0.2, 0.25) is 0 Å². The van der Waals surface area contributed by atoms with Gasteiger partial charge in [-0.05, 0) is 24.8 Å². The van der Waals surface area contributed by atoms with Crippen LogP contribution in [0.25, 0.3) is 0 Å². The van der Waals surface area contributed by atoms with E-state index in [1.54, 1.807) is 4.90 Å². The van der Waals surface area contributed by atoms with E-state index >= 15 is 0 Å². The smallest absolute Gasteiger partial charge is 0.248 e. The Labute approximate surface area is 123 Å². The molecular formula is C16H20N2O3. The van der Waals surface area contributed by atoms with E-state index < -0.39 is 5.54 Å². The van der Waals surface area contributed by atoms with Gasteiger partial charge in [-0.15, -0.1) is 0 Å². The lowest BCUT2D eigenvalue weighted by Gasteiger charge is -2.29. The number of nitrogens with zero attached hydrogens (tertiary/aromatic N) is 1. The van der Waals surface area contributed by atoms with Gasteiger partial charge in [-0.1, -0.05) is 30.3 Å². The molecule has 5 heteroatoms. The van der Waals surface area contributed by atoms with Crippen LogP contribution in [0.15, 0.2) is 30.3 Å². The van der Waals surface area contributed by atoms with Crippen molar-refractivity contribution in [1.29, 1.82) is 0 Å². The Morgan fingerprint density at radius 1 is 1.24 bits per heavy atom. The van der Waals surface area contributed by atoms with Gasteiger partial charge >= 0.3 is 0 Å². The van der Waals surface area contributed by atoms with Gasteiger partial charge in [-0.2, -0.15) is 0 Å². The fourth-order valence-electron chi connectivity index (χ4n) is 3.37. The largest absolute Gasteiger partial charge is 0.394 e. The van der Waals surface area contributed by atoms with Gasteiger partial charge in [0.15, 0.2) is 0 Å². The lowest BCUT2D eigenvalue weighted by Crippen LogP contribution is -2.51. The first-order chi connectivity index (χ1) is 10.1. The highest BCUT2D eigenvalue weighted by atomic mass is 16.3. The molecule has 2 heterocycles. The molecule has 0 aliphatic carbocycles. The average Bonchev–Trinajstić information content (AvgIpc) is 3.03. The van der Waals surface area contributed by atoms with Crippen molar-refractivity contribution in [3.05, 3.63) is 35.9 Å². The summed E-state index contributed by atoms with van der Waals surface area (Å²) in [4.78, 5) is 25.9. The van der Waals surface area contributed by atoms with Crippen molar-refractivity contribution in [2.75, 3.05) is 13.2 Å². The van der Waals surface area contributed by atoms with E-state index in [4.69, 9.17) is 0 Å². The molecule has 21 heavy (non-hydrogen) atoms. The monoisotopic (exact) mass is 288 g/mol. The summed E-state index contributed by atoms with van der Waals surface area (Å²) in [5.41, 5.74) is 0.391. The molecule has 0 aromatic heterocycles. The quantitative estimate of drug-likeness (QED) is 0.846. The van der Waals surface area contributed by atoms with E-state index in [9.17, 15) is 14.7 Å². The number of aliphatic hydroxyl groups is 1. The summed E-state index contributed by atoms with van der Waals surface area (Å²) >= 11 is 0. The summed E-state index contributed by atoms with van der Waals surface area (Å²) in [6, 6.07) is 9.62. The summed E-state index contributed by atoms with van der Waals surface area (Å²) in [7, 11) is 0. The molecule has 5 nitrogen and oxygen atoms in total. The second kappa shape index (κ2) is 5.48. The molecule has 2 fully saturated rings. The SMILES string of the molecule is O=C1CC[C@]2(CCN(C(CO)Cc3ccccc3)C2=O)N1. The van der Waals surface area contributed by atoms with Crippen LogP contribution in [0, 0.1) is 0 Å². The van der Waals surface area contributed by atoms with Crippen molar-refractivity contribution in [3.8, 4) is 0 Å². The zero-order valence-corrected chi connectivity index (χ0v) is 11.9. The van der Waals surface area contributed by atoms with Crippen molar-refractivity contribution < 1.29 is 14.7 Å². The van der Waals surface area contributed by atoms with Gasteiger partial charge in [0.1, 0.15) is 5.54 Å². The number of benzene rings is 1. The third-order valence-corrected chi connectivity index (χ3v) is 4.57. The van der Waals surface area contributed by atoms with Crippen LogP contribution in [0.3, 0.4) is 0 Å². The van der Waals surface area contributed by atoms with E-state index in [0.29, 0.717) is 32.2 Å². The van der Waals surface area contributed by atoms with Gasteiger partial charge in [0.05, 0.1) is 12.6 Å². The molecule has 2 saturated heterocycles. The first-order valence-electron chi connectivity index (χ1n) is 7.41. The Morgan fingerprint density at radius 2 is 2.00 bits per heavy atom. The highest BCUT2D eigenvalue weighted by Gasteiger charge is 2.52. The highest BCUT2D eigenvalue weighted by Crippen LogP contribution is 2.33. The van der Waals surface area contributed by atoms with Crippen LogP contribution >= 0.6 is 0 Å². The zero-order valence-electron chi connectivity index (χ0n) is 11.9. The number of hydrogen-bond donors (Lipinski definition) is 2. The Balaban J connectivity index is 1.74. The third-order valence-electron chi connectivity index (χ3n) is 4.57. The molecule has 2 N–H and O–H groups in total. The predicted octanol–water partition coefficient (Wildman–Crippen LogP) is 0.471. The van der Waals surface area contributed by atoms with Gasteiger partial charge in [0, 0.05) is 13.0 Å². The van der Waals surface area contributed by atoms with E-state index in [-0.39, 0.29) is 24.5 Å². The first kappa shape index (κ1) is 14.1. The summed E-state index contributed by atoms with van der Waals surface area (Å²) in [5.74, 6) is -0.0860.